The Kier molecular flexibility index (Phi) is 3.34. The maximum Gasteiger partial charge on any atom is 0.0748 e. The number of rotatable bonds is 3. The van der Waals surface area contributed by atoms with Crippen LogP contribution in [0.25, 0.3) is 0 Å². The highest BCUT2D eigenvalue weighted by molar-refractivity contribution is 6.31. The molecule has 1 saturated heterocycles. The van der Waals surface area contributed by atoms with Crippen molar-refractivity contribution in [1.29, 1.82) is 0 Å². The largest absolute Gasteiger partial charge is 0.397 e. The number of nitrogens with two attached hydrogens (primary N) is 1. The third-order valence-corrected chi connectivity index (χ3v) is 2.79. The van der Waals surface area contributed by atoms with Gasteiger partial charge in [0.25, 0.3) is 0 Å². The summed E-state index contributed by atoms with van der Waals surface area (Å²) < 4.78 is 5.51. The number of halogens is 1. The first-order chi connectivity index (χ1) is 7.25. The molecule has 1 fully saturated rings. The minimum Gasteiger partial charge on any atom is -0.397 e. The summed E-state index contributed by atoms with van der Waals surface area (Å²) in [6.45, 7) is 1.67. The Balaban J connectivity index is 1.94. The number of nitrogen functional groups attached to an aromatic ring is 1. The monoisotopic (exact) mass is 226 g/mol. The van der Waals surface area contributed by atoms with Gasteiger partial charge in [-0.2, -0.15) is 0 Å². The Morgan fingerprint density at radius 2 is 2.40 bits per heavy atom. The summed E-state index contributed by atoms with van der Waals surface area (Å²) in [6.07, 6.45) is 2.58. The van der Waals surface area contributed by atoms with Crippen LogP contribution in [0.2, 0.25) is 5.02 Å². The molecule has 1 heterocycles. The highest BCUT2D eigenvalue weighted by atomic mass is 35.5. The molecule has 3 N–H and O–H groups in total. The van der Waals surface area contributed by atoms with E-state index in [0.29, 0.717) is 11.1 Å². The first kappa shape index (κ1) is 10.6. The van der Waals surface area contributed by atoms with Crippen LogP contribution in [0.4, 0.5) is 11.4 Å². The zero-order chi connectivity index (χ0) is 10.7. The van der Waals surface area contributed by atoms with Gasteiger partial charge in [0.05, 0.1) is 17.5 Å². The quantitative estimate of drug-likeness (QED) is 0.779. The number of benzene rings is 1. The molecular weight excluding hydrogens is 212 g/mol. The Bertz CT molecular complexity index is 337. The van der Waals surface area contributed by atoms with Crippen molar-refractivity contribution in [3.8, 4) is 0 Å². The van der Waals surface area contributed by atoms with Gasteiger partial charge in [0, 0.05) is 18.2 Å². The lowest BCUT2D eigenvalue weighted by Gasteiger charge is -2.13. The van der Waals surface area contributed by atoms with E-state index in [4.69, 9.17) is 22.1 Å². The van der Waals surface area contributed by atoms with Gasteiger partial charge in [-0.3, -0.25) is 0 Å². The van der Waals surface area contributed by atoms with Gasteiger partial charge in [-0.1, -0.05) is 11.6 Å². The average Bonchev–Trinajstić information content (AvgIpc) is 2.72. The molecule has 1 aromatic carbocycles. The molecule has 0 spiro atoms. The van der Waals surface area contributed by atoms with Crippen LogP contribution >= 0.6 is 11.6 Å². The lowest BCUT2D eigenvalue weighted by Crippen LogP contribution is -2.18. The lowest BCUT2D eigenvalue weighted by molar-refractivity contribution is 0.120. The predicted octanol–water partition coefficient (Wildman–Crippen LogP) is 2.51. The molecule has 0 aromatic heterocycles. The molecule has 0 amide bonds. The lowest BCUT2D eigenvalue weighted by atomic mass is 10.2. The summed E-state index contributed by atoms with van der Waals surface area (Å²) >= 11 is 5.89. The van der Waals surface area contributed by atoms with Crippen LogP contribution in [0.1, 0.15) is 12.8 Å². The van der Waals surface area contributed by atoms with Gasteiger partial charge in [0.1, 0.15) is 0 Å². The van der Waals surface area contributed by atoms with E-state index in [1.165, 1.54) is 0 Å². The van der Waals surface area contributed by atoms with Crippen LogP contribution < -0.4 is 11.1 Å². The Morgan fingerprint density at radius 1 is 1.53 bits per heavy atom. The third kappa shape index (κ3) is 2.76. The molecule has 1 aromatic rings. The fourth-order valence-electron chi connectivity index (χ4n) is 1.71. The van der Waals surface area contributed by atoms with E-state index >= 15 is 0 Å². The van der Waals surface area contributed by atoms with Gasteiger partial charge < -0.3 is 15.8 Å². The molecular formula is C11H15ClN2O. The fourth-order valence-corrected chi connectivity index (χ4v) is 1.88. The van der Waals surface area contributed by atoms with E-state index in [1.807, 2.05) is 6.07 Å². The second-order valence-corrected chi connectivity index (χ2v) is 4.18. The minimum atomic E-state index is 0.309. The third-order valence-electron chi connectivity index (χ3n) is 2.56. The van der Waals surface area contributed by atoms with E-state index in [0.717, 1.165) is 37.4 Å². The van der Waals surface area contributed by atoms with E-state index in [1.54, 1.807) is 12.1 Å². The number of nitrogens with one attached hydrogen (secondary N) is 1. The fraction of sp³-hybridized carbons (Fsp3) is 0.455. The first-order valence-corrected chi connectivity index (χ1v) is 5.54. The minimum absolute atomic E-state index is 0.309. The Morgan fingerprint density at radius 3 is 3.13 bits per heavy atom. The van der Waals surface area contributed by atoms with Crippen molar-refractivity contribution >= 4 is 23.0 Å². The molecule has 1 atom stereocenters. The normalized spacial score (nSPS) is 20.5. The van der Waals surface area contributed by atoms with Crippen LogP contribution in [-0.4, -0.2) is 19.3 Å². The molecule has 1 aliphatic heterocycles. The molecule has 2 rings (SSSR count). The van der Waals surface area contributed by atoms with Crippen LogP contribution in [0.5, 0.6) is 0 Å². The standard InChI is InChI=1S/C11H15ClN2O/c12-8-3-4-10(13)11(6-8)14-7-9-2-1-5-15-9/h3-4,6,9,14H,1-2,5,7,13H2. The van der Waals surface area contributed by atoms with Gasteiger partial charge in [-0.15, -0.1) is 0 Å². The molecule has 15 heavy (non-hydrogen) atoms. The van der Waals surface area contributed by atoms with Crippen molar-refractivity contribution in [3.63, 3.8) is 0 Å². The van der Waals surface area contributed by atoms with Gasteiger partial charge in [-0.05, 0) is 31.0 Å². The van der Waals surface area contributed by atoms with Crippen LogP contribution in [0.3, 0.4) is 0 Å². The Hall–Kier alpha value is -0.930. The van der Waals surface area contributed by atoms with Gasteiger partial charge in [0.2, 0.25) is 0 Å². The van der Waals surface area contributed by atoms with Crippen molar-refractivity contribution in [2.24, 2.45) is 0 Å². The van der Waals surface area contributed by atoms with Crippen LogP contribution in [-0.2, 0) is 4.74 Å². The van der Waals surface area contributed by atoms with Crippen molar-refractivity contribution in [1.82, 2.24) is 0 Å². The second kappa shape index (κ2) is 4.73. The van der Waals surface area contributed by atoms with E-state index in [-0.39, 0.29) is 0 Å². The maximum absolute atomic E-state index is 5.89. The highest BCUT2D eigenvalue weighted by Crippen LogP contribution is 2.23. The summed E-state index contributed by atoms with van der Waals surface area (Å²) in [4.78, 5) is 0. The molecule has 0 aliphatic carbocycles. The Labute approximate surface area is 94.6 Å². The predicted molar refractivity (Wildman–Crippen MR) is 63.3 cm³/mol. The SMILES string of the molecule is Nc1ccc(Cl)cc1NCC1CCCO1. The van der Waals surface area contributed by atoms with Crippen LogP contribution in [0, 0.1) is 0 Å². The van der Waals surface area contributed by atoms with Crippen molar-refractivity contribution in [3.05, 3.63) is 23.2 Å². The smallest absolute Gasteiger partial charge is 0.0748 e. The van der Waals surface area contributed by atoms with Gasteiger partial charge >= 0.3 is 0 Å². The van der Waals surface area contributed by atoms with Crippen LogP contribution in [0.15, 0.2) is 18.2 Å². The van der Waals surface area contributed by atoms with Crippen molar-refractivity contribution < 1.29 is 4.74 Å². The number of anilines is 2. The molecule has 1 unspecified atom stereocenters. The first-order valence-electron chi connectivity index (χ1n) is 5.16. The molecule has 0 bridgehead atoms. The number of ether oxygens (including phenoxy) is 1. The van der Waals surface area contributed by atoms with Crippen molar-refractivity contribution in [2.45, 2.75) is 18.9 Å². The van der Waals surface area contributed by atoms with E-state index < -0.39 is 0 Å². The summed E-state index contributed by atoms with van der Waals surface area (Å²) in [5.74, 6) is 0. The number of hydrogen-bond acceptors (Lipinski definition) is 3. The summed E-state index contributed by atoms with van der Waals surface area (Å²) in [5, 5.41) is 3.95. The maximum atomic E-state index is 5.89. The topological polar surface area (TPSA) is 47.3 Å². The molecule has 0 saturated carbocycles. The van der Waals surface area contributed by atoms with Gasteiger partial charge in [0.15, 0.2) is 0 Å². The molecule has 3 nitrogen and oxygen atoms in total. The summed E-state index contributed by atoms with van der Waals surface area (Å²) in [7, 11) is 0. The zero-order valence-corrected chi connectivity index (χ0v) is 9.26. The molecule has 1 aliphatic rings. The summed E-state index contributed by atoms with van der Waals surface area (Å²) in [5.41, 5.74) is 7.42. The molecule has 0 radical (unpaired) electrons. The second-order valence-electron chi connectivity index (χ2n) is 3.75. The van der Waals surface area contributed by atoms with Gasteiger partial charge in [-0.25, -0.2) is 0 Å². The highest BCUT2D eigenvalue weighted by Gasteiger charge is 2.15. The van der Waals surface area contributed by atoms with E-state index in [9.17, 15) is 0 Å². The average molecular weight is 227 g/mol. The van der Waals surface area contributed by atoms with Crippen molar-refractivity contribution in [2.75, 3.05) is 24.2 Å². The van der Waals surface area contributed by atoms with E-state index in [2.05, 4.69) is 5.32 Å². The molecule has 82 valence electrons. The summed E-state index contributed by atoms with van der Waals surface area (Å²) in [6, 6.07) is 5.43. The zero-order valence-electron chi connectivity index (χ0n) is 8.50. The number of hydrogen-bond donors (Lipinski definition) is 2. The molecule has 4 heteroatoms.